The van der Waals surface area contributed by atoms with Gasteiger partial charge < -0.3 is 16.3 Å². The molecule has 4 N–H and O–H groups in total. The molecule has 1 heterocycles. The van der Waals surface area contributed by atoms with Crippen LogP contribution >= 0.6 is 0 Å². The first-order valence-corrected chi connectivity index (χ1v) is 6.24. The van der Waals surface area contributed by atoms with Crippen LogP contribution in [-0.4, -0.2) is 22.1 Å². The number of nitrogens with zero attached hydrogens (tertiary/aromatic N) is 2. The molecule has 1 unspecified atom stereocenters. The summed E-state index contributed by atoms with van der Waals surface area (Å²) in [7, 11) is 0. The van der Waals surface area contributed by atoms with Crippen LogP contribution in [0.1, 0.15) is 38.4 Å². The molecule has 1 aromatic heterocycles. The Hall–Kier alpha value is -1.62. The molecule has 0 spiro atoms. The van der Waals surface area contributed by atoms with Crippen molar-refractivity contribution >= 4 is 5.84 Å². The van der Waals surface area contributed by atoms with Crippen molar-refractivity contribution < 1.29 is 5.21 Å². The van der Waals surface area contributed by atoms with Crippen LogP contribution in [0.2, 0.25) is 0 Å². The van der Waals surface area contributed by atoms with Crippen LogP contribution in [0.25, 0.3) is 0 Å². The molecule has 1 rings (SSSR count). The Balaban J connectivity index is 2.68. The molecule has 0 saturated heterocycles. The third kappa shape index (κ3) is 4.00. The quantitative estimate of drug-likeness (QED) is 0.310. The van der Waals surface area contributed by atoms with Crippen molar-refractivity contribution in [2.24, 2.45) is 16.8 Å². The highest BCUT2D eigenvalue weighted by Gasteiger charge is 2.10. The molecule has 0 saturated carbocycles. The maximum Gasteiger partial charge on any atom is 0.188 e. The van der Waals surface area contributed by atoms with Crippen molar-refractivity contribution in [2.75, 3.05) is 0 Å². The molecule has 1 aromatic rings. The van der Waals surface area contributed by atoms with Gasteiger partial charge in [-0.3, -0.25) is 4.98 Å². The average molecular weight is 250 g/mol. The lowest BCUT2D eigenvalue weighted by molar-refractivity contribution is 0.318. The second-order valence-corrected chi connectivity index (χ2v) is 4.67. The van der Waals surface area contributed by atoms with Crippen LogP contribution in [0, 0.1) is 5.92 Å². The number of pyridine rings is 1. The van der Waals surface area contributed by atoms with Gasteiger partial charge in [0, 0.05) is 18.8 Å². The summed E-state index contributed by atoms with van der Waals surface area (Å²) in [6.07, 6.45) is 2.76. The minimum atomic E-state index is 0.0350. The lowest BCUT2D eigenvalue weighted by atomic mass is 10.0. The predicted molar refractivity (Wildman–Crippen MR) is 72.5 cm³/mol. The zero-order valence-electron chi connectivity index (χ0n) is 11.2. The summed E-state index contributed by atoms with van der Waals surface area (Å²) >= 11 is 0. The minimum absolute atomic E-state index is 0.0350. The molecule has 1 atom stereocenters. The molecule has 0 fully saturated rings. The van der Waals surface area contributed by atoms with Crippen molar-refractivity contribution in [3.63, 3.8) is 0 Å². The van der Waals surface area contributed by atoms with E-state index in [0.29, 0.717) is 17.7 Å². The van der Waals surface area contributed by atoms with Gasteiger partial charge >= 0.3 is 0 Å². The molecule has 0 aliphatic rings. The van der Waals surface area contributed by atoms with E-state index in [9.17, 15) is 0 Å². The van der Waals surface area contributed by atoms with Crippen LogP contribution in [0.5, 0.6) is 0 Å². The summed E-state index contributed by atoms with van der Waals surface area (Å²) in [5.41, 5.74) is 7.08. The fourth-order valence-corrected chi connectivity index (χ4v) is 1.88. The van der Waals surface area contributed by atoms with Crippen LogP contribution in [-0.2, 0) is 6.54 Å². The first kappa shape index (κ1) is 14.4. The van der Waals surface area contributed by atoms with Gasteiger partial charge in [-0.05, 0) is 30.0 Å². The lowest BCUT2D eigenvalue weighted by Crippen LogP contribution is -2.32. The van der Waals surface area contributed by atoms with Gasteiger partial charge in [0.25, 0.3) is 0 Å². The van der Waals surface area contributed by atoms with Gasteiger partial charge in [-0.2, -0.15) is 0 Å². The number of nitrogens with two attached hydrogens (primary N) is 1. The maximum atomic E-state index is 8.62. The molecule has 0 aliphatic carbocycles. The normalized spacial score (nSPS) is 13.9. The van der Waals surface area contributed by atoms with Crippen molar-refractivity contribution in [1.29, 1.82) is 0 Å². The van der Waals surface area contributed by atoms with E-state index in [4.69, 9.17) is 10.9 Å². The molecular weight excluding hydrogens is 228 g/mol. The van der Waals surface area contributed by atoms with Crippen LogP contribution in [0.15, 0.2) is 23.5 Å². The van der Waals surface area contributed by atoms with E-state index in [1.54, 1.807) is 6.20 Å². The Morgan fingerprint density at radius 2 is 2.28 bits per heavy atom. The number of hydrogen-bond donors (Lipinski definition) is 3. The first-order valence-electron chi connectivity index (χ1n) is 6.24. The van der Waals surface area contributed by atoms with Gasteiger partial charge in [-0.15, -0.1) is 0 Å². The van der Waals surface area contributed by atoms with Crippen LogP contribution in [0.3, 0.4) is 0 Å². The van der Waals surface area contributed by atoms with E-state index in [1.807, 2.05) is 12.1 Å². The molecule has 0 aromatic carbocycles. The third-order valence-electron chi connectivity index (χ3n) is 3.01. The summed E-state index contributed by atoms with van der Waals surface area (Å²) < 4.78 is 0. The van der Waals surface area contributed by atoms with Crippen LogP contribution in [0.4, 0.5) is 0 Å². The zero-order valence-corrected chi connectivity index (χ0v) is 11.2. The monoisotopic (exact) mass is 250 g/mol. The van der Waals surface area contributed by atoms with E-state index in [1.165, 1.54) is 0 Å². The fourth-order valence-electron chi connectivity index (χ4n) is 1.88. The molecule has 0 amide bonds. The SMILES string of the molecule is CCC(NCc1ccnc(C(N)=NO)c1)C(C)C. The van der Waals surface area contributed by atoms with E-state index in [-0.39, 0.29) is 5.84 Å². The maximum absolute atomic E-state index is 8.62. The molecule has 5 nitrogen and oxygen atoms in total. The highest BCUT2D eigenvalue weighted by molar-refractivity contribution is 5.95. The smallest absolute Gasteiger partial charge is 0.188 e. The fraction of sp³-hybridized carbons (Fsp3) is 0.538. The van der Waals surface area contributed by atoms with Gasteiger partial charge in [0.15, 0.2) is 5.84 Å². The lowest BCUT2D eigenvalue weighted by Gasteiger charge is -2.20. The molecule has 0 aliphatic heterocycles. The van der Waals surface area contributed by atoms with Gasteiger partial charge in [0.2, 0.25) is 0 Å². The summed E-state index contributed by atoms with van der Waals surface area (Å²) in [6, 6.07) is 4.24. The highest BCUT2D eigenvalue weighted by Crippen LogP contribution is 2.08. The van der Waals surface area contributed by atoms with E-state index in [2.05, 4.69) is 36.2 Å². The minimum Gasteiger partial charge on any atom is -0.409 e. The second kappa shape index (κ2) is 6.96. The molecule has 100 valence electrons. The number of oxime groups is 1. The Bertz CT molecular complexity index is 404. The summed E-state index contributed by atoms with van der Waals surface area (Å²) in [4.78, 5) is 4.05. The summed E-state index contributed by atoms with van der Waals surface area (Å²) in [5.74, 6) is 0.633. The highest BCUT2D eigenvalue weighted by atomic mass is 16.4. The Labute approximate surface area is 108 Å². The van der Waals surface area contributed by atoms with Gasteiger partial charge in [0.1, 0.15) is 5.69 Å². The average Bonchev–Trinajstić information content (AvgIpc) is 2.38. The van der Waals surface area contributed by atoms with Gasteiger partial charge in [-0.25, -0.2) is 0 Å². The molecule has 5 heteroatoms. The summed E-state index contributed by atoms with van der Waals surface area (Å²) in [5, 5.41) is 15.1. The second-order valence-electron chi connectivity index (χ2n) is 4.67. The van der Waals surface area contributed by atoms with Crippen molar-refractivity contribution in [1.82, 2.24) is 10.3 Å². The molecular formula is C13H22N4O. The Morgan fingerprint density at radius 3 is 2.83 bits per heavy atom. The first-order chi connectivity index (χ1) is 8.58. The standard InChI is InChI=1S/C13H22N4O/c1-4-11(9(2)3)16-8-10-5-6-15-12(7-10)13(14)17-18/h5-7,9,11,16,18H,4,8H2,1-3H3,(H2,14,17). The number of aromatic nitrogens is 1. The largest absolute Gasteiger partial charge is 0.409 e. The van der Waals surface area contributed by atoms with Crippen molar-refractivity contribution in [3.8, 4) is 0 Å². The molecule has 0 radical (unpaired) electrons. The van der Waals surface area contributed by atoms with E-state index < -0.39 is 0 Å². The molecule has 0 bridgehead atoms. The Kier molecular flexibility index (Phi) is 5.58. The predicted octanol–water partition coefficient (Wildman–Crippen LogP) is 1.70. The van der Waals surface area contributed by atoms with Gasteiger partial charge in [0.05, 0.1) is 0 Å². The summed E-state index contributed by atoms with van der Waals surface area (Å²) in [6.45, 7) is 7.34. The molecule has 18 heavy (non-hydrogen) atoms. The number of hydrogen-bond acceptors (Lipinski definition) is 4. The van der Waals surface area contributed by atoms with Crippen LogP contribution < -0.4 is 11.1 Å². The topological polar surface area (TPSA) is 83.5 Å². The Morgan fingerprint density at radius 1 is 1.56 bits per heavy atom. The number of amidine groups is 1. The van der Waals surface area contributed by atoms with Crippen molar-refractivity contribution in [3.05, 3.63) is 29.6 Å². The van der Waals surface area contributed by atoms with Crippen molar-refractivity contribution in [2.45, 2.75) is 39.8 Å². The van der Waals surface area contributed by atoms with Gasteiger partial charge in [-0.1, -0.05) is 25.9 Å². The third-order valence-corrected chi connectivity index (χ3v) is 3.01. The van der Waals surface area contributed by atoms with E-state index >= 15 is 0 Å². The van der Waals surface area contributed by atoms with E-state index in [0.717, 1.165) is 18.5 Å². The number of nitrogens with one attached hydrogen (secondary N) is 1. The number of rotatable bonds is 6. The zero-order chi connectivity index (χ0) is 13.5.